The van der Waals surface area contributed by atoms with E-state index in [1.807, 2.05) is 31.2 Å². The van der Waals surface area contributed by atoms with Crippen molar-refractivity contribution in [3.8, 4) is 0 Å². The molecule has 1 rings (SSSR count). The number of aliphatic hydroxyl groups is 1. The third kappa shape index (κ3) is 2.61. The van der Waals surface area contributed by atoms with Gasteiger partial charge in [0, 0.05) is 0 Å². The topological polar surface area (TPSA) is 20.2 Å². The molecule has 0 aliphatic rings. The Labute approximate surface area is 87.6 Å². The summed E-state index contributed by atoms with van der Waals surface area (Å²) in [6.45, 7) is 6.00. The molecule has 0 aromatic heterocycles. The number of hydrogen-bond acceptors (Lipinski definition) is 1. The van der Waals surface area contributed by atoms with Crippen LogP contribution in [0.2, 0.25) is 0 Å². The molecule has 74 valence electrons. The first-order valence-electron chi connectivity index (χ1n) is 5.01. The first-order chi connectivity index (χ1) is 6.43. The molecule has 1 aromatic rings. The van der Waals surface area contributed by atoms with Crippen LogP contribution in [-0.2, 0) is 5.60 Å². The molecular weight excluding hydrogens is 171 g/mol. The Kier molecular flexibility index (Phi) is 3.38. The van der Waals surface area contributed by atoms with Crippen molar-refractivity contribution >= 4 is 13.3 Å². The standard InChI is InChI=1S/C12H17BO/c1-9(2)8-12(3,14)10-6-4-5-7-11(10)13/h4-7,9,14H,8H2,1-3H3. The van der Waals surface area contributed by atoms with E-state index in [1.165, 1.54) is 0 Å². The molecule has 2 heteroatoms. The van der Waals surface area contributed by atoms with Gasteiger partial charge in [0.25, 0.3) is 0 Å². The lowest BCUT2D eigenvalue weighted by Gasteiger charge is -2.27. The quantitative estimate of drug-likeness (QED) is 0.716. The summed E-state index contributed by atoms with van der Waals surface area (Å²) < 4.78 is 0. The summed E-state index contributed by atoms with van der Waals surface area (Å²) in [4.78, 5) is 0. The van der Waals surface area contributed by atoms with Gasteiger partial charge in [-0.2, -0.15) is 0 Å². The molecule has 0 aliphatic carbocycles. The average molecular weight is 188 g/mol. The zero-order valence-corrected chi connectivity index (χ0v) is 9.12. The van der Waals surface area contributed by atoms with Crippen molar-refractivity contribution in [1.82, 2.24) is 0 Å². The first-order valence-corrected chi connectivity index (χ1v) is 5.01. The summed E-state index contributed by atoms with van der Waals surface area (Å²) in [7, 11) is 5.82. The van der Waals surface area contributed by atoms with Crippen molar-refractivity contribution in [2.75, 3.05) is 0 Å². The predicted octanol–water partition coefficient (Wildman–Crippen LogP) is 1.73. The molecule has 0 fully saturated rings. The van der Waals surface area contributed by atoms with Gasteiger partial charge in [0.1, 0.15) is 7.85 Å². The van der Waals surface area contributed by atoms with Crippen molar-refractivity contribution in [2.24, 2.45) is 5.92 Å². The molecule has 14 heavy (non-hydrogen) atoms. The monoisotopic (exact) mass is 188 g/mol. The van der Waals surface area contributed by atoms with E-state index in [4.69, 9.17) is 7.85 Å². The van der Waals surface area contributed by atoms with Crippen molar-refractivity contribution in [2.45, 2.75) is 32.8 Å². The smallest absolute Gasteiger partial charge is 0.114 e. The summed E-state index contributed by atoms with van der Waals surface area (Å²) in [5.41, 5.74) is 0.673. The van der Waals surface area contributed by atoms with E-state index < -0.39 is 5.60 Å². The van der Waals surface area contributed by atoms with Crippen LogP contribution in [0, 0.1) is 5.92 Å². The lowest BCUT2D eigenvalue weighted by Crippen LogP contribution is -2.30. The summed E-state index contributed by atoms with van der Waals surface area (Å²) >= 11 is 0. The van der Waals surface area contributed by atoms with Crippen LogP contribution >= 0.6 is 0 Å². The second kappa shape index (κ2) is 4.18. The summed E-state index contributed by atoms with van der Waals surface area (Å²) in [6.07, 6.45) is 0.723. The molecule has 1 atom stereocenters. The van der Waals surface area contributed by atoms with Gasteiger partial charge in [-0.25, -0.2) is 0 Å². The second-order valence-corrected chi connectivity index (χ2v) is 4.46. The second-order valence-electron chi connectivity index (χ2n) is 4.46. The van der Waals surface area contributed by atoms with Crippen molar-refractivity contribution in [3.05, 3.63) is 29.8 Å². The van der Waals surface area contributed by atoms with Gasteiger partial charge >= 0.3 is 0 Å². The zero-order valence-electron chi connectivity index (χ0n) is 9.12. The van der Waals surface area contributed by atoms with Gasteiger partial charge in [0.2, 0.25) is 0 Å². The van der Waals surface area contributed by atoms with Crippen molar-refractivity contribution in [1.29, 1.82) is 0 Å². The van der Waals surface area contributed by atoms with Crippen LogP contribution in [0.15, 0.2) is 24.3 Å². The highest BCUT2D eigenvalue weighted by Gasteiger charge is 2.24. The third-order valence-corrected chi connectivity index (χ3v) is 2.35. The SMILES string of the molecule is [B]c1ccccc1C(C)(O)CC(C)C. The summed E-state index contributed by atoms with van der Waals surface area (Å²) in [5.74, 6) is 0.449. The highest BCUT2D eigenvalue weighted by molar-refractivity contribution is 6.33. The van der Waals surface area contributed by atoms with Gasteiger partial charge in [0.05, 0.1) is 5.60 Å². The van der Waals surface area contributed by atoms with Crippen LogP contribution in [0.5, 0.6) is 0 Å². The molecule has 0 saturated heterocycles. The van der Waals surface area contributed by atoms with E-state index in [-0.39, 0.29) is 0 Å². The maximum atomic E-state index is 10.3. The van der Waals surface area contributed by atoms with Gasteiger partial charge in [-0.15, -0.1) is 0 Å². The molecule has 0 heterocycles. The van der Waals surface area contributed by atoms with Crippen LogP contribution < -0.4 is 5.46 Å². The van der Waals surface area contributed by atoms with Crippen LogP contribution in [0.1, 0.15) is 32.8 Å². The molecule has 0 saturated carbocycles. The van der Waals surface area contributed by atoms with Crippen LogP contribution in [-0.4, -0.2) is 13.0 Å². The largest absolute Gasteiger partial charge is 0.385 e. The van der Waals surface area contributed by atoms with E-state index in [0.717, 1.165) is 12.0 Å². The first kappa shape index (κ1) is 11.3. The van der Waals surface area contributed by atoms with Crippen LogP contribution in [0.3, 0.4) is 0 Å². The molecule has 2 radical (unpaired) electrons. The Morgan fingerprint density at radius 2 is 1.93 bits per heavy atom. The maximum Gasteiger partial charge on any atom is 0.114 e. The Bertz CT molecular complexity index is 305. The number of benzene rings is 1. The van der Waals surface area contributed by atoms with Crippen molar-refractivity contribution in [3.63, 3.8) is 0 Å². The minimum Gasteiger partial charge on any atom is -0.385 e. The average Bonchev–Trinajstić information content (AvgIpc) is 2.02. The predicted molar refractivity (Wildman–Crippen MR) is 60.9 cm³/mol. The lowest BCUT2D eigenvalue weighted by atomic mass is 9.79. The minimum atomic E-state index is -0.820. The molecule has 0 spiro atoms. The van der Waals surface area contributed by atoms with Gasteiger partial charge in [-0.3, -0.25) is 0 Å². The van der Waals surface area contributed by atoms with Gasteiger partial charge in [-0.05, 0) is 24.8 Å². The molecule has 1 N–H and O–H groups in total. The van der Waals surface area contributed by atoms with Crippen LogP contribution in [0.4, 0.5) is 0 Å². The van der Waals surface area contributed by atoms with Gasteiger partial charge in [-0.1, -0.05) is 43.6 Å². The number of rotatable bonds is 3. The fraction of sp³-hybridized carbons (Fsp3) is 0.500. The minimum absolute atomic E-state index is 0.449. The highest BCUT2D eigenvalue weighted by atomic mass is 16.3. The maximum absolute atomic E-state index is 10.3. The zero-order chi connectivity index (χ0) is 10.8. The molecule has 1 nitrogen and oxygen atoms in total. The Balaban J connectivity index is 2.97. The fourth-order valence-corrected chi connectivity index (χ4v) is 1.89. The van der Waals surface area contributed by atoms with E-state index in [0.29, 0.717) is 11.4 Å². The Morgan fingerprint density at radius 1 is 1.36 bits per heavy atom. The highest BCUT2D eigenvalue weighted by Crippen LogP contribution is 2.26. The molecule has 1 aromatic carbocycles. The van der Waals surface area contributed by atoms with E-state index in [9.17, 15) is 5.11 Å². The van der Waals surface area contributed by atoms with E-state index >= 15 is 0 Å². The van der Waals surface area contributed by atoms with E-state index in [2.05, 4.69) is 13.8 Å². The van der Waals surface area contributed by atoms with E-state index in [1.54, 1.807) is 0 Å². The normalized spacial score (nSPS) is 15.5. The molecule has 0 bridgehead atoms. The van der Waals surface area contributed by atoms with Crippen molar-refractivity contribution < 1.29 is 5.11 Å². The van der Waals surface area contributed by atoms with Crippen LogP contribution in [0.25, 0.3) is 0 Å². The molecular formula is C12H17BO. The molecule has 1 unspecified atom stereocenters. The number of hydrogen-bond donors (Lipinski definition) is 1. The summed E-state index contributed by atoms with van der Waals surface area (Å²) in [5, 5.41) is 10.3. The summed E-state index contributed by atoms with van der Waals surface area (Å²) in [6, 6.07) is 7.49. The third-order valence-electron chi connectivity index (χ3n) is 2.35. The Morgan fingerprint density at radius 3 is 2.43 bits per heavy atom. The van der Waals surface area contributed by atoms with Gasteiger partial charge in [0.15, 0.2) is 0 Å². The van der Waals surface area contributed by atoms with Gasteiger partial charge < -0.3 is 5.11 Å². The lowest BCUT2D eigenvalue weighted by molar-refractivity contribution is 0.0359. The molecule has 0 amide bonds. The fourth-order valence-electron chi connectivity index (χ4n) is 1.89. The molecule has 0 aliphatic heterocycles. The Hall–Kier alpha value is -0.755.